The van der Waals surface area contributed by atoms with Crippen molar-refractivity contribution < 1.29 is 0 Å². The molecule has 276 valence electrons. The van der Waals surface area contributed by atoms with Gasteiger partial charge >= 0.3 is 0 Å². The molecule has 0 atom stereocenters. The molecule has 0 spiro atoms. The molecule has 15 aromatic rings. The molecule has 0 bridgehead atoms. The second-order valence-electron chi connectivity index (χ2n) is 16.6. The number of nitrogens with zero attached hydrogens (tertiary/aromatic N) is 4. The molecular weight excluding hydrogens is 729 g/mol. The summed E-state index contributed by atoms with van der Waals surface area (Å²) in [6.45, 7) is 0. The fourth-order valence-corrected chi connectivity index (χ4v) is 11.1. The highest BCUT2D eigenvalue weighted by Gasteiger charge is 2.25. The molecule has 0 N–H and O–H groups in total. The topological polar surface area (TPSA) is 18.7 Å². The van der Waals surface area contributed by atoms with Crippen molar-refractivity contribution in [1.29, 1.82) is 0 Å². The van der Waals surface area contributed by atoms with E-state index in [0.29, 0.717) is 0 Å². The molecule has 10 aromatic carbocycles. The predicted octanol–water partition coefficient (Wildman–Crippen LogP) is 14.7. The van der Waals surface area contributed by atoms with Crippen molar-refractivity contribution in [1.82, 2.24) is 17.9 Å². The summed E-state index contributed by atoms with van der Waals surface area (Å²) in [4.78, 5) is 0. The normalized spacial score (nSPS) is 12.7. The lowest BCUT2D eigenvalue weighted by Gasteiger charge is -2.16. The molecule has 0 saturated carbocycles. The fraction of sp³-hybridized carbons (Fsp3) is 0. The minimum absolute atomic E-state index is 1.16. The van der Waals surface area contributed by atoms with E-state index < -0.39 is 0 Å². The Kier molecular flexibility index (Phi) is 5.63. The van der Waals surface area contributed by atoms with Gasteiger partial charge in [0.1, 0.15) is 0 Å². The first-order chi connectivity index (χ1) is 29.8. The molecule has 0 aliphatic rings. The Hall–Kier alpha value is -8.08. The Labute approximate surface area is 341 Å². The van der Waals surface area contributed by atoms with Gasteiger partial charge < -0.3 is 17.9 Å². The Morgan fingerprint density at radius 1 is 0.217 bits per heavy atom. The third-order valence-corrected chi connectivity index (χ3v) is 13.5. The Balaban J connectivity index is 1.13. The Morgan fingerprint density at radius 2 is 0.550 bits per heavy atom. The summed E-state index contributed by atoms with van der Waals surface area (Å²) < 4.78 is 10.1. The van der Waals surface area contributed by atoms with E-state index >= 15 is 0 Å². The summed E-state index contributed by atoms with van der Waals surface area (Å²) in [6.07, 6.45) is 0. The van der Waals surface area contributed by atoms with Crippen LogP contribution in [0.3, 0.4) is 0 Å². The van der Waals surface area contributed by atoms with Crippen LogP contribution in [0.4, 0.5) is 0 Å². The first-order valence-corrected chi connectivity index (χ1v) is 20.8. The van der Waals surface area contributed by atoms with E-state index in [2.05, 4.69) is 212 Å². The first kappa shape index (κ1) is 31.0. The van der Waals surface area contributed by atoms with Crippen LogP contribution in [0.1, 0.15) is 0 Å². The summed E-state index contributed by atoms with van der Waals surface area (Å²) in [7, 11) is 0. The van der Waals surface area contributed by atoms with Crippen LogP contribution in [0, 0.1) is 0 Å². The summed E-state index contributed by atoms with van der Waals surface area (Å²) in [5.41, 5.74) is 14.4. The average molecular weight is 761 g/mol. The molecule has 5 heterocycles. The van der Waals surface area contributed by atoms with Gasteiger partial charge in [-0.15, -0.1) is 0 Å². The first-order valence-electron chi connectivity index (χ1n) is 20.8. The van der Waals surface area contributed by atoms with Crippen molar-refractivity contribution in [3.63, 3.8) is 0 Å². The maximum atomic E-state index is 2.55. The molecule has 0 fully saturated rings. The number of rotatable bonds is 2. The number of para-hydroxylation sites is 4. The number of benzene rings is 10. The standard InChI is InChI=1S/C56H32N4/c1-3-15-35-27-51-43(25-33(35)13-1)39-17-5-9-21-47(39)57(51)37-29-45-41-19-7-11-23-49(41)60-54-32-38(30-46-42-20-8-12-24-50(42)59(56(46)54)53(31-37)55(45)60)58-48-22-10-6-18-40(48)44-26-34-14-2-4-16-36(34)28-52(44)58/h1-32H. The molecule has 5 aromatic heterocycles. The maximum Gasteiger partial charge on any atom is 0.0784 e. The molecule has 4 heteroatoms. The van der Waals surface area contributed by atoms with Crippen LogP contribution in [-0.2, 0) is 0 Å². The van der Waals surface area contributed by atoms with E-state index in [9.17, 15) is 0 Å². The molecule has 0 radical (unpaired) electrons. The second-order valence-corrected chi connectivity index (χ2v) is 16.6. The summed E-state index contributed by atoms with van der Waals surface area (Å²) >= 11 is 0. The largest absolute Gasteiger partial charge is 0.309 e. The highest BCUT2D eigenvalue weighted by molar-refractivity contribution is 6.24. The molecule has 0 aliphatic carbocycles. The van der Waals surface area contributed by atoms with E-state index in [4.69, 9.17) is 0 Å². The zero-order valence-electron chi connectivity index (χ0n) is 32.3. The SMILES string of the molecule is c1ccc2cc3c(cc2c1)c1ccccc1n3-c1cc2c3ccccc3n3c4cc(-n5c6ccccc6c6cc7ccccc7cc65)cc5c6ccccc6n(c(c1)c23)c54. The highest BCUT2D eigenvalue weighted by Crippen LogP contribution is 2.45. The van der Waals surface area contributed by atoms with Gasteiger partial charge in [-0.2, -0.15) is 0 Å². The maximum absolute atomic E-state index is 2.55. The van der Waals surface area contributed by atoms with Gasteiger partial charge in [-0.1, -0.05) is 121 Å². The molecule has 0 saturated heterocycles. The van der Waals surface area contributed by atoms with E-state index in [1.807, 2.05) is 0 Å². The van der Waals surface area contributed by atoms with Crippen molar-refractivity contribution in [3.05, 3.63) is 194 Å². The lowest BCUT2D eigenvalue weighted by molar-refractivity contribution is 1.17. The van der Waals surface area contributed by atoms with Crippen LogP contribution in [0.25, 0.3) is 131 Å². The van der Waals surface area contributed by atoms with E-state index in [-0.39, 0.29) is 0 Å². The van der Waals surface area contributed by atoms with Gasteiger partial charge in [0, 0.05) is 54.5 Å². The van der Waals surface area contributed by atoms with Gasteiger partial charge in [-0.3, -0.25) is 0 Å². The third kappa shape index (κ3) is 3.77. The quantitative estimate of drug-likeness (QED) is 0.156. The van der Waals surface area contributed by atoms with Crippen LogP contribution < -0.4 is 0 Å². The van der Waals surface area contributed by atoms with Gasteiger partial charge in [-0.05, 0) is 94.3 Å². The average Bonchev–Trinajstić information content (AvgIpc) is 4.02. The zero-order valence-corrected chi connectivity index (χ0v) is 32.3. The van der Waals surface area contributed by atoms with Gasteiger partial charge in [0.2, 0.25) is 0 Å². The van der Waals surface area contributed by atoms with Gasteiger partial charge in [-0.25, -0.2) is 0 Å². The van der Waals surface area contributed by atoms with E-state index in [1.54, 1.807) is 0 Å². The van der Waals surface area contributed by atoms with Crippen molar-refractivity contribution in [2.75, 3.05) is 0 Å². The van der Waals surface area contributed by atoms with Crippen molar-refractivity contribution in [2.24, 2.45) is 0 Å². The molecule has 0 unspecified atom stereocenters. The van der Waals surface area contributed by atoms with Crippen LogP contribution in [0.5, 0.6) is 0 Å². The Morgan fingerprint density at radius 3 is 0.967 bits per heavy atom. The fourth-order valence-electron chi connectivity index (χ4n) is 11.1. The lowest BCUT2D eigenvalue weighted by Crippen LogP contribution is -2.01. The van der Waals surface area contributed by atoms with Crippen LogP contribution >= 0.6 is 0 Å². The van der Waals surface area contributed by atoms with Gasteiger partial charge in [0.25, 0.3) is 0 Å². The molecule has 15 rings (SSSR count). The van der Waals surface area contributed by atoms with Gasteiger partial charge in [0.15, 0.2) is 0 Å². The smallest absolute Gasteiger partial charge is 0.0784 e. The molecule has 4 nitrogen and oxygen atoms in total. The van der Waals surface area contributed by atoms with Crippen LogP contribution in [0.15, 0.2) is 194 Å². The summed E-state index contributed by atoms with van der Waals surface area (Å²) in [5.74, 6) is 0. The molecular formula is C56H32N4. The second kappa shape index (κ2) is 10.9. The number of aromatic nitrogens is 4. The van der Waals surface area contributed by atoms with Crippen molar-refractivity contribution in [3.8, 4) is 11.4 Å². The van der Waals surface area contributed by atoms with E-state index in [0.717, 1.165) is 11.4 Å². The molecule has 0 aliphatic heterocycles. The number of hydrogen-bond donors (Lipinski definition) is 0. The summed E-state index contributed by atoms with van der Waals surface area (Å²) in [5, 5.41) is 15.1. The highest BCUT2D eigenvalue weighted by atomic mass is 15.0. The Bertz CT molecular complexity index is 4080. The molecule has 60 heavy (non-hydrogen) atoms. The van der Waals surface area contributed by atoms with Crippen molar-refractivity contribution in [2.45, 2.75) is 0 Å². The van der Waals surface area contributed by atoms with Crippen LogP contribution in [0.2, 0.25) is 0 Å². The van der Waals surface area contributed by atoms with E-state index in [1.165, 1.54) is 120 Å². The predicted molar refractivity (Wildman–Crippen MR) is 253 cm³/mol. The number of fused-ring (bicyclic) bond motifs is 16. The molecule has 0 amide bonds. The third-order valence-electron chi connectivity index (χ3n) is 13.5. The lowest BCUT2D eigenvalue weighted by atomic mass is 10.1. The van der Waals surface area contributed by atoms with Crippen LogP contribution in [-0.4, -0.2) is 17.9 Å². The van der Waals surface area contributed by atoms with Crippen molar-refractivity contribution >= 4 is 120 Å². The minimum Gasteiger partial charge on any atom is -0.309 e. The summed E-state index contributed by atoms with van der Waals surface area (Å²) in [6, 6.07) is 72.4. The minimum atomic E-state index is 1.16. The zero-order chi connectivity index (χ0) is 38.8. The van der Waals surface area contributed by atoms with Gasteiger partial charge in [0.05, 0.1) is 55.2 Å². The monoisotopic (exact) mass is 760 g/mol. The number of hydrogen-bond acceptors (Lipinski definition) is 0.